The minimum absolute atomic E-state index is 0.0601. The molecule has 4 rings (SSSR count). The van der Waals surface area contributed by atoms with E-state index in [-0.39, 0.29) is 6.61 Å². The second-order valence-corrected chi connectivity index (χ2v) is 8.59. The molecule has 0 saturated carbocycles. The summed E-state index contributed by atoms with van der Waals surface area (Å²) in [5.74, 6) is 0. The van der Waals surface area contributed by atoms with Crippen molar-refractivity contribution in [1.82, 2.24) is 4.98 Å². The van der Waals surface area contributed by atoms with Gasteiger partial charge in [0.15, 0.2) is 0 Å². The van der Waals surface area contributed by atoms with Crippen molar-refractivity contribution in [2.75, 3.05) is 31.2 Å². The highest BCUT2D eigenvalue weighted by molar-refractivity contribution is 6.31. The molecule has 2 saturated heterocycles. The molecule has 150 valence electrons. The van der Waals surface area contributed by atoms with Crippen LogP contribution in [0.15, 0.2) is 24.3 Å². The van der Waals surface area contributed by atoms with E-state index >= 15 is 0 Å². The number of hydrogen-bond donors (Lipinski definition) is 1. The molecule has 1 spiro atoms. The average molecular weight is 401 g/mol. The highest BCUT2D eigenvalue weighted by Gasteiger charge is 2.38. The lowest BCUT2D eigenvalue weighted by Gasteiger charge is -2.40. The first-order valence-electron chi connectivity index (χ1n) is 10.3. The number of anilines is 1. The van der Waals surface area contributed by atoms with E-state index in [1.54, 1.807) is 0 Å². The van der Waals surface area contributed by atoms with Gasteiger partial charge >= 0.3 is 0 Å². The first-order valence-corrected chi connectivity index (χ1v) is 10.7. The van der Waals surface area contributed by atoms with Gasteiger partial charge in [-0.1, -0.05) is 30.7 Å². The van der Waals surface area contributed by atoms with E-state index in [2.05, 4.69) is 30.9 Å². The van der Waals surface area contributed by atoms with Crippen molar-refractivity contribution < 1.29 is 9.84 Å². The van der Waals surface area contributed by atoms with Crippen LogP contribution in [-0.2, 0) is 17.8 Å². The molecule has 28 heavy (non-hydrogen) atoms. The number of aliphatic hydroxyl groups excluding tert-OH is 1. The van der Waals surface area contributed by atoms with Crippen LogP contribution in [0, 0.1) is 12.3 Å². The summed E-state index contributed by atoms with van der Waals surface area (Å²) in [6, 6.07) is 8.16. The van der Waals surface area contributed by atoms with Gasteiger partial charge in [-0.25, -0.2) is 4.98 Å². The number of piperidine rings is 1. The van der Waals surface area contributed by atoms with Crippen molar-refractivity contribution in [1.29, 1.82) is 0 Å². The van der Waals surface area contributed by atoms with Gasteiger partial charge in [-0.3, -0.25) is 0 Å². The van der Waals surface area contributed by atoms with Gasteiger partial charge in [0.1, 0.15) is 0 Å². The highest BCUT2D eigenvalue weighted by Crippen LogP contribution is 2.41. The van der Waals surface area contributed by atoms with Crippen molar-refractivity contribution in [3.8, 4) is 11.3 Å². The lowest BCUT2D eigenvalue weighted by Crippen LogP contribution is -2.41. The molecule has 0 amide bonds. The van der Waals surface area contributed by atoms with Crippen LogP contribution in [0.25, 0.3) is 11.3 Å². The lowest BCUT2D eigenvalue weighted by atomic mass is 9.78. The number of benzene rings is 1. The normalized spacial score (nSPS) is 18.8. The molecule has 1 aromatic heterocycles. The van der Waals surface area contributed by atoms with Crippen LogP contribution in [0.3, 0.4) is 0 Å². The monoisotopic (exact) mass is 400 g/mol. The van der Waals surface area contributed by atoms with Crippen molar-refractivity contribution in [2.45, 2.75) is 46.1 Å². The van der Waals surface area contributed by atoms with Crippen molar-refractivity contribution in [3.05, 3.63) is 46.1 Å². The fourth-order valence-electron chi connectivity index (χ4n) is 4.71. The van der Waals surface area contributed by atoms with Gasteiger partial charge in [0, 0.05) is 30.3 Å². The molecule has 0 radical (unpaired) electrons. The van der Waals surface area contributed by atoms with Crippen LogP contribution in [0.1, 0.15) is 43.0 Å². The molecule has 1 N–H and O–H groups in total. The van der Waals surface area contributed by atoms with E-state index in [0.717, 1.165) is 84.4 Å². The molecule has 0 unspecified atom stereocenters. The molecule has 0 aliphatic carbocycles. The minimum Gasteiger partial charge on any atom is -0.390 e. The zero-order chi connectivity index (χ0) is 19.7. The molecular formula is C23H29ClN2O2. The standard InChI is InChI=1S/C23H29ClN2O2/c1-3-17-18(5-4-6-19(17)24)22-16(2)13-21(20(14-27)25-22)26-10-7-23(8-11-26)9-12-28-15-23/h4-6,13,27H,3,7-12,14-15H2,1-2H3. The third-order valence-electron chi connectivity index (χ3n) is 6.50. The maximum absolute atomic E-state index is 10.1. The Balaban J connectivity index is 1.66. The van der Waals surface area contributed by atoms with E-state index < -0.39 is 0 Å². The third kappa shape index (κ3) is 3.54. The Hall–Kier alpha value is -1.62. The summed E-state index contributed by atoms with van der Waals surface area (Å²) >= 11 is 6.42. The maximum Gasteiger partial charge on any atom is 0.0898 e. The second kappa shape index (κ2) is 8.02. The number of aryl methyl sites for hydroxylation is 1. The predicted molar refractivity (Wildman–Crippen MR) is 114 cm³/mol. The van der Waals surface area contributed by atoms with Crippen molar-refractivity contribution >= 4 is 17.3 Å². The predicted octanol–water partition coefficient (Wildman–Crippen LogP) is 4.77. The topological polar surface area (TPSA) is 45.6 Å². The van der Waals surface area contributed by atoms with Crippen LogP contribution in [0.2, 0.25) is 5.02 Å². The molecule has 2 aromatic rings. The van der Waals surface area contributed by atoms with Crippen LogP contribution < -0.4 is 4.90 Å². The molecule has 5 heteroatoms. The minimum atomic E-state index is -0.0601. The van der Waals surface area contributed by atoms with E-state index in [4.69, 9.17) is 21.3 Å². The average Bonchev–Trinajstić information content (AvgIpc) is 3.16. The Morgan fingerprint density at radius 2 is 2.04 bits per heavy atom. The zero-order valence-corrected chi connectivity index (χ0v) is 17.6. The van der Waals surface area contributed by atoms with Crippen LogP contribution in [0.4, 0.5) is 5.69 Å². The molecule has 2 aliphatic rings. The summed E-state index contributed by atoms with van der Waals surface area (Å²) in [5, 5.41) is 10.8. The van der Waals surface area contributed by atoms with Crippen LogP contribution in [0.5, 0.6) is 0 Å². The third-order valence-corrected chi connectivity index (χ3v) is 6.85. The molecular weight excluding hydrogens is 372 g/mol. The Bertz CT molecular complexity index is 852. The Morgan fingerprint density at radius 1 is 1.25 bits per heavy atom. The molecule has 1 aromatic carbocycles. The number of ether oxygens (including phenoxy) is 1. The number of halogens is 1. The zero-order valence-electron chi connectivity index (χ0n) is 16.8. The number of pyridine rings is 1. The highest BCUT2D eigenvalue weighted by atomic mass is 35.5. The summed E-state index contributed by atoms with van der Waals surface area (Å²) in [7, 11) is 0. The van der Waals surface area contributed by atoms with Gasteiger partial charge in [-0.2, -0.15) is 0 Å². The SMILES string of the molecule is CCc1c(Cl)cccc1-c1nc(CO)c(N2CCC3(CCOC3)CC2)cc1C. The van der Waals surface area contributed by atoms with E-state index in [1.165, 1.54) is 6.42 Å². The van der Waals surface area contributed by atoms with E-state index in [0.29, 0.717) is 5.41 Å². The quantitative estimate of drug-likeness (QED) is 0.802. The van der Waals surface area contributed by atoms with Gasteiger partial charge in [0.25, 0.3) is 0 Å². The molecule has 4 nitrogen and oxygen atoms in total. The number of nitrogens with zero attached hydrogens (tertiary/aromatic N) is 2. The summed E-state index contributed by atoms with van der Waals surface area (Å²) in [4.78, 5) is 7.29. The van der Waals surface area contributed by atoms with Gasteiger partial charge < -0.3 is 14.7 Å². The Labute approximate surface area is 172 Å². The van der Waals surface area contributed by atoms with Crippen LogP contribution in [-0.4, -0.2) is 36.4 Å². The summed E-state index contributed by atoms with van der Waals surface area (Å²) in [6.45, 7) is 7.94. The van der Waals surface area contributed by atoms with Gasteiger partial charge in [-0.05, 0) is 61.3 Å². The molecule has 0 bridgehead atoms. The van der Waals surface area contributed by atoms with Crippen LogP contribution >= 0.6 is 11.6 Å². The fraction of sp³-hybridized carbons (Fsp3) is 0.522. The molecule has 2 aliphatic heterocycles. The lowest BCUT2D eigenvalue weighted by molar-refractivity contribution is 0.133. The second-order valence-electron chi connectivity index (χ2n) is 8.19. The molecule has 3 heterocycles. The van der Waals surface area contributed by atoms with Gasteiger partial charge in [0.2, 0.25) is 0 Å². The Morgan fingerprint density at radius 3 is 2.68 bits per heavy atom. The number of hydrogen-bond acceptors (Lipinski definition) is 4. The van der Waals surface area contributed by atoms with E-state index in [9.17, 15) is 5.11 Å². The molecule has 2 fully saturated rings. The van der Waals surface area contributed by atoms with E-state index in [1.807, 2.05) is 12.1 Å². The molecule has 0 atom stereocenters. The largest absolute Gasteiger partial charge is 0.390 e. The summed E-state index contributed by atoms with van der Waals surface area (Å²) in [6.07, 6.45) is 4.32. The number of aromatic nitrogens is 1. The van der Waals surface area contributed by atoms with Crippen molar-refractivity contribution in [2.24, 2.45) is 5.41 Å². The number of aliphatic hydroxyl groups is 1. The first-order chi connectivity index (χ1) is 13.6. The van der Waals surface area contributed by atoms with Crippen molar-refractivity contribution in [3.63, 3.8) is 0 Å². The maximum atomic E-state index is 10.1. The summed E-state index contributed by atoms with van der Waals surface area (Å²) in [5.41, 5.74) is 6.40. The number of rotatable bonds is 4. The Kier molecular flexibility index (Phi) is 5.64. The fourth-order valence-corrected chi connectivity index (χ4v) is 5.01. The first kappa shape index (κ1) is 19.7. The smallest absolute Gasteiger partial charge is 0.0898 e. The van der Waals surface area contributed by atoms with Gasteiger partial charge in [-0.15, -0.1) is 0 Å². The summed E-state index contributed by atoms with van der Waals surface area (Å²) < 4.78 is 5.66. The van der Waals surface area contributed by atoms with Gasteiger partial charge in [0.05, 0.1) is 30.3 Å².